The molecule has 3 aromatic rings. The molecule has 0 saturated heterocycles. The number of aromatic nitrogens is 2. The number of halogens is 2. The highest BCUT2D eigenvalue weighted by molar-refractivity contribution is 9.10. The van der Waals surface area contributed by atoms with Crippen molar-refractivity contribution in [1.29, 1.82) is 0 Å². The number of methoxy groups -OCH3 is 1. The molecule has 0 N–H and O–H groups in total. The molecule has 0 spiro atoms. The molecule has 3 rings (SSSR count). The van der Waals surface area contributed by atoms with Crippen LogP contribution < -0.4 is 4.74 Å². The molecule has 7 heteroatoms. The van der Waals surface area contributed by atoms with Crippen molar-refractivity contribution in [2.75, 3.05) is 7.11 Å². The third-order valence-electron chi connectivity index (χ3n) is 3.09. The Bertz CT molecular complexity index is 808. The van der Waals surface area contributed by atoms with Crippen LogP contribution in [0.25, 0.3) is 11.5 Å². The van der Waals surface area contributed by atoms with Crippen molar-refractivity contribution in [3.8, 4) is 17.2 Å². The monoisotopic (exact) mass is 410 g/mol. The highest BCUT2D eigenvalue weighted by Crippen LogP contribution is 2.31. The lowest BCUT2D eigenvalue weighted by atomic mass is 10.2. The highest BCUT2D eigenvalue weighted by Gasteiger charge is 2.11. The predicted molar refractivity (Wildman–Crippen MR) is 95.0 cm³/mol. The van der Waals surface area contributed by atoms with Gasteiger partial charge in [-0.3, -0.25) is 0 Å². The lowest BCUT2D eigenvalue weighted by Crippen LogP contribution is -1.90. The molecule has 0 unspecified atom stereocenters. The largest absolute Gasteiger partial charge is 0.496 e. The Morgan fingerprint density at radius 1 is 1.17 bits per heavy atom. The van der Waals surface area contributed by atoms with Gasteiger partial charge >= 0.3 is 0 Å². The maximum absolute atomic E-state index is 6.03. The Morgan fingerprint density at radius 2 is 1.96 bits per heavy atom. The van der Waals surface area contributed by atoms with E-state index >= 15 is 0 Å². The summed E-state index contributed by atoms with van der Waals surface area (Å²) in [5.41, 5.74) is 1.86. The van der Waals surface area contributed by atoms with Crippen molar-refractivity contribution in [2.45, 2.75) is 11.0 Å². The number of benzene rings is 2. The van der Waals surface area contributed by atoms with E-state index in [1.165, 1.54) is 11.8 Å². The molecule has 0 fully saturated rings. The lowest BCUT2D eigenvalue weighted by Gasteiger charge is -2.07. The van der Waals surface area contributed by atoms with Gasteiger partial charge in [-0.1, -0.05) is 39.3 Å². The summed E-state index contributed by atoms with van der Waals surface area (Å²) in [7, 11) is 1.63. The number of nitrogens with zero attached hydrogens (tertiary/aromatic N) is 2. The van der Waals surface area contributed by atoms with Crippen LogP contribution in [0.5, 0.6) is 5.75 Å². The van der Waals surface area contributed by atoms with Gasteiger partial charge in [-0.2, -0.15) is 0 Å². The fourth-order valence-electron chi connectivity index (χ4n) is 1.98. The van der Waals surface area contributed by atoms with E-state index in [1.807, 2.05) is 36.4 Å². The molecule has 0 atom stereocenters. The molecule has 23 heavy (non-hydrogen) atoms. The van der Waals surface area contributed by atoms with Crippen LogP contribution in [0.3, 0.4) is 0 Å². The number of hydrogen-bond donors (Lipinski definition) is 0. The minimum atomic E-state index is 0.498. The van der Waals surface area contributed by atoms with Crippen molar-refractivity contribution in [1.82, 2.24) is 10.2 Å². The summed E-state index contributed by atoms with van der Waals surface area (Å²) in [5, 5.41) is 9.32. The Kier molecular flexibility index (Phi) is 5.25. The Labute approximate surface area is 151 Å². The fourth-order valence-corrected chi connectivity index (χ4v) is 3.18. The van der Waals surface area contributed by atoms with Crippen LogP contribution >= 0.6 is 39.3 Å². The highest BCUT2D eigenvalue weighted by atomic mass is 79.9. The second-order valence-electron chi connectivity index (χ2n) is 4.62. The zero-order valence-corrected chi connectivity index (χ0v) is 15.3. The zero-order chi connectivity index (χ0) is 16.2. The third kappa shape index (κ3) is 4.07. The van der Waals surface area contributed by atoms with E-state index in [0.717, 1.165) is 21.3 Å². The molecule has 0 aliphatic heterocycles. The van der Waals surface area contributed by atoms with Gasteiger partial charge in [0.25, 0.3) is 5.22 Å². The number of hydrogen-bond acceptors (Lipinski definition) is 5. The molecule has 1 heterocycles. The van der Waals surface area contributed by atoms with Crippen LogP contribution in [0.15, 0.2) is 56.6 Å². The summed E-state index contributed by atoms with van der Waals surface area (Å²) >= 11 is 10.9. The van der Waals surface area contributed by atoms with E-state index < -0.39 is 0 Å². The lowest BCUT2D eigenvalue weighted by molar-refractivity contribution is 0.411. The van der Waals surface area contributed by atoms with Crippen LogP contribution in [0.2, 0.25) is 5.02 Å². The zero-order valence-electron chi connectivity index (χ0n) is 12.1. The molecule has 1 aromatic heterocycles. The minimum absolute atomic E-state index is 0.498. The Balaban J connectivity index is 1.72. The number of thioether (sulfide) groups is 1. The van der Waals surface area contributed by atoms with Gasteiger partial charge in [0.2, 0.25) is 5.89 Å². The van der Waals surface area contributed by atoms with Gasteiger partial charge in [0, 0.05) is 26.4 Å². The van der Waals surface area contributed by atoms with Gasteiger partial charge in [-0.05, 0) is 42.5 Å². The van der Waals surface area contributed by atoms with Crippen molar-refractivity contribution in [2.24, 2.45) is 0 Å². The van der Waals surface area contributed by atoms with Crippen molar-refractivity contribution in [3.05, 3.63) is 57.5 Å². The van der Waals surface area contributed by atoms with Gasteiger partial charge in [0.15, 0.2) is 0 Å². The first kappa shape index (κ1) is 16.4. The predicted octanol–water partition coefficient (Wildman–Crippen LogP) is 5.45. The van der Waals surface area contributed by atoms with Gasteiger partial charge in [0.1, 0.15) is 5.75 Å². The molecule has 0 aliphatic rings. The minimum Gasteiger partial charge on any atom is -0.496 e. The van der Waals surface area contributed by atoms with Crippen molar-refractivity contribution in [3.63, 3.8) is 0 Å². The maximum Gasteiger partial charge on any atom is 0.277 e. The quantitative estimate of drug-likeness (QED) is 0.522. The standard InChI is InChI=1S/C16H12BrClN2O2S/c1-21-14-7-6-13(18)8-11(14)9-23-16-20-19-15(22-16)10-2-4-12(17)5-3-10/h2-8H,9H2,1H3. The van der Waals surface area contributed by atoms with Crippen LogP contribution in [0.1, 0.15) is 5.56 Å². The summed E-state index contributed by atoms with van der Waals surface area (Å²) in [4.78, 5) is 0. The van der Waals surface area contributed by atoms with Crippen LogP contribution in [0.4, 0.5) is 0 Å². The summed E-state index contributed by atoms with van der Waals surface area (Å²) < 4.78 is 12.0. The molecule has 0 radical (unpaired) electrons. The number of ether oxygens (including phenoxy) is 1. The van der Waals surface area contributed by atoms with E-state index in [-0.39, 0.29) is 0 Å². The molecule has 4 nitrogen and oxygen atoms in total. The molecule has 0 bridgehead atoms. The van der Waals surface area contributed by atoms with Crippen LogP contribution in [-0.2, 0) is 5.75 Å². The van der Waals surface area contributed by atoms with Gasteiger partial charge < -0.3 is 9.15 Å². The molecular formula is C16H12BrClN2O2S. The second kappa shape index (κ2) is 7.38. The van der Waals surface area contributed by atoms with Gasteiger partial charge in [-0.25, -0.2) is 0 Å². The summed E-state index contributed by atoms with van der Waals surface area (Å²) in [6, 6.07) is 13.2. The van der Waals surface area contributed by atoms with Gasteiger partial charge in [-0.15, -0.1) is 10.2 Å². The van der Waals surface area contributed by atoms with E-state index in [0.29, 0.717) is 21.9 Å². The fraction of sp³-hybridized carbons (Fsp3) is 0.125. The molecule has 0 amide bonds. The van der Waals surface area contributed by atoms with Gasteiger partial charge in [0.05, 0.1) is 7.11 Å². The van der Waals surface area contributed by atoms with Crippen molar-refractivity contribution >= 4 is 39.3 Å². The summed E-state index contributed by atoms with van der Waals surface area (Å²) in [6.07, 6.45) is 0. The normalized spacial score (nSPS) is 10.7. The first-order chi connectivity index (χ1) is 11.2. The van der Waals surface area contributed by atoms with E-state index in [9.17, 15) is 0 Å². The summed E-state index contributed by atoms with van der Waals surface area (Å²) in [6.45, 7) is 0. The average molecular weight is 412 g/mol. The summed E-state index contributed by atoms with van der Waals surface area (Å²) in [5.74, 6) is 1.92. The second-order valence-corrected chi connectivity index (χ2v) is 6.90. The van der Waals surface area contributed by atoms with Crippen molar-refractivity contribution < 1.29 is 9.15 Å². The maximum atomic E-state index is 6.03. The average Bonchev–Trinajstić information content (AvgIpc) is 3.03. The molecule has 118 valence electrons. The smallest absolute Gasteiger partial charge is 0.277 e. The Hall–Kier alpha value is -1.50. The number of rotatable bonds is 5. The van der Waals surface area contributed by atoms with E-state index in [4.69, 9.17) is 20.8 Å². The first-order valence-corrected chi connectivity index (χ1v) is 8.86. The molecular weight excluding hydrogens is 400 g/mol. The van der Waals surface area contributed by atoms with Crippen LogP contribution in [0, 0.1) is 0 Å². The molecule has 2 aromatic carbocycles. The topological polar surface area (TPSA) is 48.2 Å². The first-order valence-electron chi connectivity index (χ1n) is 6.70. The Morgan fingerprint density at radius 3 is 2.70 bits per heavy atom. The molecule has 0 saturated carbocycles. The van der Waals surface area contributed by atoms with Crippen LogP contribution in [-0.4, -0.2) is 17.3 Å². The van der Waals surface area contributed by atoms with E-state index in [1.54, 1.807) is 13.2 Å². The van der Waals surface area contributed by atoms with E-state index in [2.05, 4.69) is 26.1 Å². The SMILES string of the molecule is COc1ccc(Cl)cc1CSc1nnc(-c2ccc(Br)cc2)o1. The third-order valence-corrected chi connectivity index (χ3v) is 4.72. The molecule has 0 aliphatic carbocycles.